The van der Waals surface area contributed by atoms with Crippen molar-refractivity contribution in [3.05, 3.63) is 35.2 Å². The molecule has 0 spiro atoms. The topological polar surface area (TPSA) is 36.9 Å². The molecular formula is C24H22O4S10. The van der Waals surface area contributed by atoms with E-state index in [0.717, 1.165) is 42.5 Å². The molecule has 0 atom stereocenters. The summed E-state index contributed by atoms with van der Waals surface area (Å²) in [7, 11) is 0. The second kappa shape index (κ2) is 12.7. The number of hydrogen-bond acceptors (Lipinski definition) is 14. The highest BCUT2D eigenvalue weighted by molar-refractivity contribution is 8.41. The Morgan fingerprint density at radius 3 is 1.13 bits per heavy atom. The molecule has 0 amide bonds. The molecule has 202 valence electrons. The number of fused-ring (bicyclic) bond motifs is 2. The van der Waals surface area contributed by atoms with Gasteiger partial charge in [-0.25, -0.2) is 0 Å². The van der Waals surface area contributed by atoms with Crippen molar-refractivity contribution >= 4 is 129 Å². The van der Waals surface area contributed by atoms with Crippen LogP contribution in [0.5, 0.6) is 23.0 Å². The maximum absolute atomic E-state index is 6.23. The van der Waals surface area contributed by atoms with Crippen LogP contribution in [0.3, 0.4) is 0 Å². The first-order valence-corrected chi connectivity index (χ1v) is 21.1. The maximum Gasteiger partial charge on any atom is 0.181 e. The quantitative estimate of drug-likeness (QED) is 0.277. The van der Waals surface area contributed by atoms with E-state index in [-0.39, 0.29) is 0 Å². The number of rotatable bonds is 7. The summed E-state index contributed by atoms with van der Waals surface area (Å²) in [6, 6.07) is 0. The van der Waals surface area contributed by atoms with E-state index >= 15 is 0 Å². The van der Waals surface area contributed by atoms with Gasteiger partial charge >= 0.3 is 0 Å². The third-order valence-electron chi connectivity index (χ3n) is 5.40. The molecule has 0 saturated carbocycles. The molecule has 0 fully saturated rings. The molecule has 38 heavy (non-hydrogen) atoms. The fraction of sp³-hybridized carbons (Fsp3) is 0.333. The van der Waals surface area contributed by atoms with E-state index in [0.29, 0.717) is 26.4 Å². The molecule has 14 heteroatoms. The average Bonchev–Trinajstić information content (AvgIpc) is 3.72. The summed E-state index contributed by atoms with van der Waals surface area (Å²) in [6.07, 6.45) is 13.1. The van der Waals surface area contributed by atoms with Gasteiger partial charge in [0.25, 0.3) is 0 Å². The Bertz CT molecular complexity index is 1240. The van der Waals surface area contributed by atoms with E-state index in [1.165, 1.54) is 25.4 Å². The van der Waals surface area contributed by atoms with Crippen molar-refractivity contribution in [2.45, 2.75) is 0 Å². The Morgan fingerprint density at radius 1 is 0.500 bits per heavy atom. The van der Waals surface area contributed by atoms with Gasteiger partial charge in [-0.2, -0.15) is 0 Å². The van der Waals surface area contributed by atoms with E-state index in [1.54, 1.807) is 22.7 Å². The zero-order valence-electron chi connectivity index (χ0n) is 20.7. The highest BCUT2D eigenvalue weighted by atomic mass is 32.3. The van der Waals surface area contributed by atoms with Crippen LogP contribution in [0.15, 0.2) is 25.4 Å². The summed E-state index contributed by atoms with van der Waals surface area (Å²) < 4.78 is 32.8. The fourth-order valence-electron chi connectivity index (χ4n) is 3.84. The van der Waals surface area contributed by atoms with Gasteiger partial charge in [-0.15, -0.1) is 69.7 Å². The van der Waals surface area contributed by atoms with Crippen molar-refractivity contribution in [2.75, 3.05) is 51.5 Å². The lowest BCUT2D eigenvalue weighted by molar-refractivity contribution is 0.171. The Morgan fingerprint density at radius 2 is 0.816 bits per heavy atom. The molecule has 0 radical (unpaired) electrons. The molecule has 6 rings (SSSR count). The minimum atomic E-state index is 0.542. The predicted octanol–water partition coefficient (Wildman–Crippen LogP) is 10.3. The standard InChI is InChI=1S/C24H22O4S10/c1-29-21-22(30-2)36-13(35-21)9-11-15-17(27-7-5-25-15)19(33-11)20-18-16(26-6-8-28-18)12(34-20)10-14-37-23(31-3)24(32-4)38-14/h9-10H,5-8H2,1-4H3. The summed E-state index contributed by atoms with van der Waals surface area (Å²) in [4.78, 5) is 4.29. The van der Waals surface area contributed by atoms with Crippen LogP contribution in [0.1, 0.15) is 9.75 Å². The van der Waals surface area contributed by atoms with Crippen LogP contribution in [-0.2, 0) is 0 Å². The highest BCUT2D eigenvalue weighted by Gasteiger charge is 2.33. The Hall–Kier alpha value is 0.360. The van der Waals surface area contributed by atoms with Crippen molar-refractivity contribution < 1.29 is 18.9 Å². The monoisotopic (exact) mass is 694 g/mol. The van der Waals surface area contributed by atoms with Gasteiger partial charge in [-0.3, -0.25) is 0 Å². The smallest absolute Gasteiger partial charge is 0.181 e. The summed E-state index contributed by atoms with van der Waals surface area (Å²) in [5.41, 5.74) is 0. The van der Waals surface area contributed by atoms with Gasteiger partial charge in [-0.1, -0.05) is 47.0 Å². The predicted molar refractivity (Wildman–Crippen MR) is 184 cm³/mol. The second-order valence-electron chi connectivity index (χ2n) is 7.60. The largest absolute Gasteiger partial charge is 0.485 e. The van der Waals surface area contributed by atoms with Crippen LogP contribution in [0.2, 0.25) is 0 Å². The summed E-state index contributed by atoms with van der Waals surface area (Å²) in [5, 5.41) is 0. The first-order chi connectivity index (χ1) is 18.6. The maximum atomic E-state index is 6.23. The highest BCUT2D eigenvalue weighted by Crippen LogP contribution is 2.62. The lowest BCUT2D eigenvalue weighted by atomic mass is 10.2. The minimum Gasteiger partial charge on any atom is -0.485 e. The van der Waals surface area contributed by atoms with Gasteiger partial charge in [-0.05, 0) is 37.2 Å². The lowest BCUT2D eigenvalue weighted by Gasteiger charge is -2.18. The number of thiophene rings is 2. The molecule has 4 nitrogen and oxygen atoms in total. The fourth-order valence-corrected chi connectivity index (χ4v) is 16.3. The van der Waals surface area contributed by atoms with Crippen LogP contribution < -0.4 is 18.9 Å². The van der Waals surface area contributed by atoms with E-state index in [4.69, 9.17) is 18.9 Å². The van der Waals surface area contributed by atoms with Gasteiger partial charge in [0.1, 0.15) is 26.4 Å². The van der Waals surface area contributed by atoms with Gasteiger partial charge in [0.15, 0.2) is 23.0 Å². The lowest BCUT2D eigenvalue weighted by Crippen LogP contribution is -2.15. The molecule has 4 aliphatic heterocycles. The van der Waals surface area contributed by atoms with Crippen molar-refractivity contribution in [2.24, 2.45) is 0 Å². The normalized spacial score (nSPS) is 18.6. The Kier molecular flexibility index (Phi) is 9.52. The Labute approximate surface area is 264 Å². The molecule has 0 aliphatic carbocycles. The third-order valence-corrected chi connectivity index (χ3v) is 17.9. The van der Waals surface area contributed by atoms with Crippen molar-refractivity contribution in [1.82, 2.24) is 0 Å². The molecule has 4 aliphatic rings. The molecule has 0 unspecified atom stereocenters. The van der Waals surface area contributed by atoms with E-state index in [1.807, 2.05) is 94.1 Å². The molecule has 6 heterocycles. The van der Waals surface area contributed by atoms with Gasteiger partial charge in [0.05, 0.1) is 44.9 Å². The zero-order chi connectivity index (χ0) is 26.2. The van der Waals surface area contributed by atoms with Crippen molar-refractivity contribution in [1.29, 1.82) is 0 Å². The molecule has 0 N–H and O–H groups in total. The van der Waals surface area contributed by atoms with Crippen LogP contribution in [0.4, 0.5) is 0 Å². The van der Waals surface area contributed by atoms with Gasteiger partial charge < -0.3 is 18.9 Å². The first-order valence-electron chi connectivity index (χ1n) is 11.3. The summed E-state index contributed by atoms with van der Waals surface area (Å²) in [6.45, 7) is 2.20. The molecule has 0 aromatic carbocycles. The molecule has 2 aromatic heterocycles. The van der Waals surface area contributed by atoms with Crippen LogP contribution in [0.25, 0.3) is 21.9 Å². The summed E-state index contributed by atoms with van der Waals surface area (Å²) >= 11 is 18.0. The SMILES string of the molecule is CSC1=C(SC)SC(=Cc2sc(-c3sc(C=C4SC(SC)=C(SC)S4)c4c3OCCO4)c3c2OCCO3)S1. The first kappa shape index (κ1) is 28.5. The summed E-state index contributed by atoms with van der Waals surface area (Å²) in [5.74, 6) is 3.32. The van der Waals surface area contributed by atoms with Crippen LogP contribution in [0, 0.1) is 0 Å². The number of hydrogen-bond donors (Lipinski definition) is 0. The second-order valence-corrected chi connectivity index (χ2v) is 18.7. The zero-order valence-corrected chi connectivity index (χ0v) is 28.9. The van der Waals surface area contributed by atoms with E-state index in [2.05, 4.69) is 37.2 Å². The molecule has 0 bridgehead atoms. The molecule has 2 aromatic rings. The number of ether oxygens (including phenoxy) is 4. The van der Waals surface area contributed by atoms with Crippen molar-refractivity contribution in [3.63, 3.8) is 0 Å². The Balaban J connectivity index is 1.39. The number of thioether (sulfide) groups is 8. The molecular weight excluding hydrogens is 673 g/mol. The van der Waals surface area contributed by atoms with E-state index < -0.39 is 0 Å². The van der Waals surface area contributed by atoms with E-state index in [9.17, 15) is 0 Å². The minimum absolute atomic E-state index is 0.542. The van der Waals surface area contributed by atoms with Gasteiger partial charge in [0, 0.05) is 0 Å². The average molecular weight is 695 g/mol. The van der Waals surface area contributed by atoms with Crippen LogP contribution in [-0.4, -0.2) is 51.5 Å². The third kappa shape index (κ3) is 5.57. The molecule has 0 saturated heterocycles. The van der Waals surface area contributed by atoms with Crippen molar-refractivity contribution in [3.8, 4) is 32.8 Å². The van der Waals surface area contributed by atoms with Crippen LogP contribution >= 0.6 is 117 Å². The van der Waals surface area contributed by atoms with Gasteiger partial charge in [0.2, 0.25) is 0 Å².